The average molecular weight is 220 g/mol. The topological polar surface area (TPSA) is 47.3 Å². The summed E-state index contributed by atoms with van der Waals surface area (Å²) in [6.07, 6.45) is 0.880. The fourth-order valence-electron chi connectivity index (χ4n) is 1.89. The molecule has 0 aliphatic heterocycles. The van der Waals surface area contributed by atoms with E-state index >= 15 is 0 Å². The number of hydrogen-bond donors (Lipinski definition) is 1. The van der Waals surface area contributed by atoms with Crippen LogP contribution in [0.1, 0.15) is 25.8 Å². The zero-order valence-electron chi connectivity index (χ0n) is 9.55. The Morgan fingerprint density at radius 2 is 2.31 bits per heavy atom. The molecule has 0 aromatic carbocycles. The maximum atomic E-state index is 9.86. The summed E-state index contributed by atoms with van der Waals surface area (Å²) >= 11 is 0. The van der Waals surface area contributed by atoms with E-state index in [9.17, 15) is 5.11 Å². The van der Waals surface area contributed by atoms with Crippen molar-refractivity contribution in [2.75, 3.05) is 6.61 Å². The van der Waals surface area contributed by atoms with Crippen molar-refractivity contribution in [3.8, 4) is 0 Å². The highest BCUT2D eigenvalue weighted by atomic mass is 16.6. The number of hydrogen-bond acceptors (Lipinski definition) is 3. The van der Waals surface area contributed by atoms with Crippen LogP contribution >= 0.6 is 0 Å². The third-order valence-corrected chi connectivity index (χ3v) is 2.58. The quantitative estimate of drug-likeness (QED) is 0.802. The van der Waals surface area contributed by atoms with E-state index in [2.05, 4.69) is 4.98 Å². The molecule has 1 atom stereocenters. The smallest absolute Gasteiger partial charge is 0.196 e. The normalized spacial score (nSPS) is 13.2. The SMILES string of the molecule is CCOC(O)c1cc2cccnc2n1CC. The van der Waals surface area contributed by atoms with Gasteiger partial charge in [-0.2, -0.15) is 0 Å². The highest BCUT2D eigenvalue weighted by Gasteiger charge is 2.15. The monoisotopic (exact) mass is 220 g/mol. The molecule has 0 radical (unpaired) electrons. The summed E-state index contributed by atoms with van der Waals surface area (Å²) in [6.45, 7) is 5.14. The van der Waals surface area contributed by atoms with Crippen LogP contribution in [0.15, 0.2) is 24.4 Å². The summed E-state index contributed by atoms with van der Waals surface area (Å²) in [5.41, 5.74) is 1.65. The second-order valence-electron chi connectivity index (χ2n) is 3.54. The number of rotatable bonds is 4. The van der Waals surface area contributed by atoms with Gasteiger partial charge in [0.25, 0.3) is 0 Å². The van der Waals surface area contributed by atoms with Gasteiger partial charge in [-0.05, 0) is 32.0 Å². The van der Waals surface area contributed by atoms with E-state index in [0.717, 1.165) is 23.3 Å². The summed E-state index contributed by atoms with van der Waals surface area (Å²) in [6, 6.07) is 5.79. The van der Waals surface area contributed by atoms with Crippen LogP contribution in [0, 0.1) is 0 Å². The van der Waals surface area contributed by atoms with Gasteiger partial charge in [-0.25, -0.2) is 4.98 Å². The van der Waals surface area contributed by atoms with Crippen LogP contribution in [-0.4, -0.2) is 21.3 Å². The first-order valence-electron chi connectivity index (χ1n) is 5.51. The molecule has 86 valence electrons. The van der Waals surface area contributed by atoms with Gasteiger partial charge < -0.3 is 14.4 Å². The fraction of sp³-hybridized carbons (Fsp3) is 0.417. The van der Waals surface area contributed by atoms with Gasteiger partial charge in [0.15, 0.2) is 6.29 Å². The van der Waals surface area contributed by atoms with Gasteiger partial charge in [-0.3, -0.25) is 0 Å². The van der Waals surface area contributed by atoms with Gasteiger partial charge in [0.2, 0.25) is 0 Å². The van der Waals surface area contributed by atoms with Crippen molar-refractivity contribution in [1.29, 1.82) is 0 Å². The third-order valence-electron chi connectivity index (χ3n) is 2.58. The van der Waals surface area contributed by atoms with E-state index in [1.54, 1.807) is 6.20 Å². The second-order valence-corrected chi connectivity index (χ2v) is 3.54. The Bertz CT molecular complexity index is 479. The number of ether oxygens (including phenoxy) is 1. The Kier molecular flexibility index (Phi) is 3.22. The van der Waals surface area contributed by atoms with E-state index in [4.69, 9.17) is 4.74 Å². The predicted molar refractivity (Wildman–Crippen MR) is 62.0 cm³/mol. The molecule has 1 unspecified atom stereocenters. The summed E-state index contributed by atoms with van der Waals surface area (Å²) in [4.78, 5) is 4.31. The zero-order chi connectivity index (χ0) is 11.5. The van der Waals surface area contributed by atoms with Gasteiger partial charge in [0.1, 0.15) is 5.65 Å². The van der Waals surface area contributed by atoms with Gasteiger partial charge in [0.05, 0.1) is 5.69 Å². The van der Waals surface area contributed by atoms with Gasteiger partial charge in [-0.1, -0.05) is 0 Å². The Morgan fingerprint density at radius 3 is 3.00 bits per heavy atom. The highest BCUT2D eigenvalue weighted by molar-refractivity contribution is 5.77. The number of aliphatic hydroxyl groups excluding tert-OH is 1. The molecule has 2 heterocycles. The van der Waals surface area contributed by atoms with Crippen LogP contribution in [-0.2, 0) is 11.3 Å². The van der Waals surface area contributed by atoms with E-state index < -0.39 is 6.29 Å². The molecule has 0 aliphatic carbocycles. The average Bonchev–Trinajstić information content (AvgIpc) is 2.67. The number of aryl methyl sites for hydroxylation is 1. The molecule has 1 N–H and O–H groups in total. The summed E-state index contributed by atoms with van der Waals surface area (Å²) < 4.78 is 7.17. The highest BCUT2D eigenvalue weighted by Crippen LogP contribution is 2.23. The van der Waals surface area contributed by atoms with Crippen LogP contribution in [0.2, 0.25) is 0 Å². The summed E-state index contributed by atoms with van der Waals surface area (Å²) in [5, 5.41) is 10.9. The van der Waals surface area contributed by atoms with Crippen LogP contribution < -0.4 is 0 Å². The minimum absolute atomic E-state index is 0.486. The van der Waals surface area contributed by atoms with E-state index in [0.29, 0.717) is 6.61 Å². The molecule has 16 heavy (non-hydrogen) atoms. The van der Waals surface area contributed by atoms with Gasteiger partial charge in [0, 0.05) is 24.7 Å². The minimum Gasteiger partial charge on any atom is -0.363 e. The molecule has 0 amide bonds. The molecule has 2 aromatic heterocycles. The molecule has 0 bridgehead atoms. The molecular formula is C12H16N2O2. The molecule has 0 spiro atoms. The molecule has 2 aromatic rings. The van der Waals surface area contributed by atoms with Gasteiger partial charge in [-0.15, -0.1) is 0 Å². The Hall–Kier alpha value is -1.39. The molecule has 0 saturated carbocycles. The van der Waals surface area contributed by atoms with Crippen molar-refractivity contribution >= 4 is 11.0 Å². The van der Waals surface area contributed by atoms with Crippen LogP contribution in [0.4, 0.5) is 0 Å². The van der Waals surface area contributed by atoms with Crippen molar-refractivity contribution in [3.63, 3.8) is 0 Å². The van der Waals surface area contributed by atoms with E-state index in [1.807, 2.05) is 36.6 Å². The molecule has 4 nitrogen and oxygen atoms in total. The second kappa shape index (κ2) is 4.63. The number of nitrogens with zero attached hydrogens (tertiary/aromatic N) is 2. The lowest BCUT2D eigenvalue weighted by molar-refractivity contribution is -0.102. The van der Waals surface area contributed by atoms with Crippen LogP contribution in [0.5, 0.6) is 0 Å². The molecule has 2 rings (SSSR count). The standard InChI is InChI=1S/C12H16N2O2/c1-3-14-10(12(15)16-4-2)8-9-6-5-7-13-11(9)14/h5-8,12,15H,3-4H2,1-2H3. The maximum absolute atomic E-state index is 9.86. The number of fused-ring (bicyclic) bond motifs is 1. The Labute approximate surface area is 94.5 Å². The maximum Gasteiger partial charge on any atom is 0.196 e. The minimum atomic E-state index is -0.876. The number of pyridine rings is 1. The molecular weight excluding hydrogens is 204 g/mol. The van der Waals surface area contributed by atoms with Crippen molar-refractivity contribution in [1.82, 2.24) is 9.55 Å². The van der Waals surface area contributed by atoms with Crippen LogP contribution in [0.3, 0.4) is 0 Å². The van der Waals surface area contributed by atoms with E-state index in [-0.39, 0.29) is 0 Å². The number of aromatic nitrogens is 2. The van der Waals surface area contributed by atoms with Crippen molar-refractivity contribution in [2.45, 2.75) is 26.7 Å². The molecule has 4 heteroatoms. The molecule has 0 saturated heterocycles. The largest absolute Gasteiger partial charge is 0.363 e. The van der Waals surface area contributed by atoms with Crippen molar-refractivity contribution in [3.05, 3.63) is 30.1 Å². The van der Waals surface area contributed by atoms with Crippen molar-refractivity contribution < 1.29 is 9.84 Å². The fourth-order valence-corrected chi connectivity index (χ4v) is 1.89. The van der Waals surface area contributed by atoms with Crippen molar-refractivity contribution in [2.24, 2.45) is 0 Å². The third kappa shape index (κ3) is 1.81. The lowest BCUT2D eigenvalue weighted by atomic mass is 10.3. The molecule has 0 aliphatic rings. The lowest BCUT2D eigenvalue weighted by Crippen LogP contribution is -2.09. The van der Waals surface area contributed by atoms with Crippen LogP contribution in [0.25, 0.3) is 11.0 Å². The summed E-state index contributed by atoms with van der Waals surface area (Å²) in [5.74, 6) is 0. The lowest BCUT2D eigenvalue weighted by Gasteiger charge is -2.13. The first kappa shape index (κ1) is 11.1. The number of aliphatic hydroxyl groups is 1. The van der Waals surface area contributed by atoms with Gasteiger partial charge >= 0.3 is 0 Å². The zero-order valence-corrected chi connectivity index (χ0v) is 9.55. The predicted octanol–water partition coefficient (Wildman–Crippen LogP) is 2.08. The first-order chi connectivity index (χ1) is 7.77. The summed E-state index contributed by atoms with van der Waals surface area (Å²) in [7, 11) is 0. The Balaban J connectivity index is 2.51. The van der Waals surface area contributed by atoms with E-state index in [1.165, 1.54) is 0 Å². The Morgan fingerprint density at radius 1 is 1.50 bits per heavy atom. The first-order valence-corrected chi connectivity index (χ1v) is 5.51. The molecule has 0 fully saturated rings.